The summed E-state index contributed by atoms with van der Waals surface area (Å²) in [4.78, 5) is 0. The molecule has 0 aliphatic carbocycles. The van der Waals surface area contributed by atoms with E-state index in [-0.39, 0.29) is 5.82 Å². The van der Waals surface area contributed by atoms with E-state index in [1.165, 1.54) is 12.1 Å². The van der Waals surface area contributed by atoms with Crippen LogP contribution >= 0.6 is 0 Å². The minimum atomic E-state index is -0.634. The van der Waals surface area contributed by atoms with Crippen molar-refractivity contribution in [1.29, 1.82) is 0 Å². The van der Waals surface area contributed by atoms with Gasteiger partial charge in [-0.1, -0.05) is 0 Å². The second-order valence-electron chi connectivity index (χ2n) is 3.27. The highest BCUT2D eigenvalue weighted by Crippen LogP contribution is 2.28. The van der Waals surface area contributed by atoms with E-state index in [2.05, 4.69) is 10.2 Å². The molecule has 0 radical (unpaired) electrons. The molecule has 5 heteroatoms. The molecule has 2 rings (SSSR count). The predicted molar refractivity (Wildman–Crippen MR) is 53.1 cm³/mol. The Morgan fingerprint density at radius 2 is 1.80 bits per heavy atom. The number of nitrogens with zero attached hydrogens (tertiary/aromatic N) is 1. The van der Waals surface area contributed by atoms with Gasteiger partial charge in [-0.15, -0.1) is 0 Å². The van der Waals surface area contributed by atoms with Crippen LogP contribution < -0.4 is 5.73 Å². The summed E-state index contributed by atoms with van der Waals surface area (Å²) in [7, 11) is 0. The van der Waals surface area contributed by atoms with Crippen molar-refractivity contribution in [1.82, 2.24) is 10.2 Å². The summed E-state index contributed by atoms with van der Waals surface area (Å²) in [6, 6.07) is 3.25. The standard InChI is InChI=1S/C10H9F2N3/c1-5-9(10(13)15-14-5)6-2-7(11)4-8(12)3-6/h2-4H,1H3,(H3,13,14,15). The molecule has 0 fully saturated rings. The molecule has 1 aromatic carbocycles. The summed E-state index contributed by atoms with van der Waals surface area (Å²) in [5, 5.41) is 6.41. The highest BCUT2D eigenvalue weighted by atomic mass is 19.1. The zero-order chi connectivity index (χ0) is 11.0. The molecule has 0 aliphatic rings. The minimum Gasteiger partial charge on any atom is -0.382 e. The molecule has 0 atom stereocenters. The van der Waals surface area contributed by atoms with Gasteiger partial charge in [0.1, 0.15) is 11.6 Å². The number of benzene rings is 1. The van der Waals surface area contributed by atoms with Crippen molar-refractivity contribution in [2.75, 3.05) is 5.73 Å². The number of hydrogen-bond donors (Lipinski definition) is 2. The Kier molecular flexibility index (Phi) is 2.15. The Bertz CT molecular complexity index is 466. The van der Waals surface area contributed by atoms with Gasteiger partial charge < -0.3 is 5.73 Å². The number of rotatable bonds is 1. The molecular formula is C10H9F2N3. The van der Waals surface area contributed by atoms with Crippen LogP contribution in [-0.2, 0) is 0 Å². The molecule has 0 unspecified atom stereocenters. The smallest absolute Gasteiger partial charge is 0.153 e. The first-order valence-electron chi connectivity index (χ1n) is 4.35. The van der Waals surface area contributed by atoms with Gasteiger partial charge in [-0.05, 0) is 24.6 Å². The van der Waals surface area contributed by atoms with E-state index in [0.29, 0.717) is 16.8 Å². The van der Waals surface area contributed by atoms with Crippen molar-refractivity contribution in [3.05, 3.63) is 35.5 Å². The second-order valence-corrected chi connectivity index (χ2v) is 3.27. The van der Waals surface area contributed by atoms with Crippen LogP contribution in [0.3, 0.4) is 0 Å². The molecule has 3 N–H and O–H groups in total. The summed E-state index contributed by atoms with van der Waals surface area (Å²) < 4.78 is 25.9. The molecule has 0 saturated carbocycles. The topological polar surface area (TPSA) is 54.7 Å². The van der Waals surface area contributed by atoms with E-state index >= 15 is 0 Å². The number of nitrogens with one attached hydrogen (secondary N) is 1. The van der Waals surface area contributed by atoms with E-state index in [0.717, 1.165) is 6.07 Å². The molecule has 0 saturated heterocycles. The van der Waals surface area contributed by atoms with E-state index in [4.69, 9.17) is 5.73 Å². The van der Waals surface area contributed by atoms with Gasteiger partial charge in [0.25, 0.3) is 0 Å². The van der Waals surface area contributed by atoms with Gasteiger partial charge in [-0.3, -0.25) is 5.10 Å². The lowest BCUT2D eigenvalue weighted by molar-refractivity contribution is 0.584. The van der Waals surface area contributed by atoms with Crippen LogP contribution in [0.2, 0.25) is 0 Å². The largest absolute Gasteiger partial charge is 0.382 e. The third-order valence-electron chi connectivity index (χ3n) is 2.13. The van der Waals surface area contributed by atoms with Crippen LogP contribution in [0, 0.1) is 18.6 Å². The number of anilines is 1. The number of hydrogen-bond acceptors (Lipinski definition) is 2. The molecule has 2 aromatic rings. The van der Waals surface area contributed by atoms with Crippen LogP contribution in [-0.4, -0.2) is 10.2 Å². The van der Waals surface area contributed by atoms with Crippen molar-refractivity contribution >= 4 is 5.82 Å². The van der Waals surface area contributed by atoms with Crippen molar-refractivity contribution in [3.8, 4) is 11.1 Å². The van der Waals surface area contributed by atoms with Crippen molar-refractivity contribution < 1.29 is 8.78 Å². The van der Waals surface area contributed by atoms with Gasteiger partial charge in [-0.2, -0.15) is 5.10 Å². The summed E-state index contributed by atoms with van der Waals surface area (Å²) in [6.45, 7) is 1.74. The molecule has 3 nitrogen and oxygen atoms in total. The summed E-state index contributed by atoms with van der Waals surface area (Å²) in [5.41, 5.74) is 7.19. The number of nitrogen functional groups attached to an aromatic ring is 1. The SMILES string of the molecule is Cc1[nH]nc(N)c1-c1cc(F)cc(F)c1. The monoisotopic (exact) mass is 209 g/mol. The van der Waals surface area contributed by atoms with Crippen molar-refractivity contribution in [2.24, 2.45) is 0 Å². The Balaban J connectivity index is 2.63. The van der Waals surface area contributed by atoms with Crippen molar-refractivity contribution in [2.45, 2.75) is 6.92 Å². The van der Waals surface area contributed by atoms with Gasteiger partial charge >= 0.3 is 0 Å². The highest BCUT2D eigenvalue weighted by molar-refractivity contribution is 5.75. The second kappa shape index (κ2) is 3.34. The predicted octanol–water partition coefficient (Wildman–Crippen LogP) is 2.25. The molecule has 0 spiro atoms. The number of aryl methyl sites for hydroxylation is 1. The first kappa shape index (κ1) is 9.64. The van der Waals surface area contributed by atoms with Crippen LogP contribution in [0.25, 0.3) is 11.1 Å². The van der Waals surface area contributed by atoms with Crippen LogP contribution in [0.15, 0.2) is 18.2 Å². The fourth-order valence-electron chi connectivity index (χ4n) is 1.51. The normalized spacial score (nSPS) is 10.6. The summed E-state index contributed by atoms with van der Waals surface area (Å²) in [6.07, 6.45) is 0. The first-order valence-corrected chi connectivity index (χ1v) is 4.35. The van der Waals surface area contributed by atoms with E-state index in [1.54, 1.807) is 6.92 Å². The van der Waals surface area contributed by atoms with Gasteiger partial charge in [0, 0.05) is 17.3 Å². The molecule has 1 aromatic heterocycles. The Morgan fingerprint density at radius 3 is 2.27 bits per heavy atom. The summed E-state index contributed by atoms with van der Waals surface area (Å²) in [5.74, 6) is -1.03. The number of nitrogens with two attached hydrogens (primary N) is 1. The van der Waals surface area contributed by atoms with E-state index in [9.17, 15) is 8.78 Å². The lowest BCUT2D eigenvalue weighted by atomic mass is 10.1. The maximum Gasteiger partial charge on any atom is 0.153 e. The fraction of sp³-hybridized carbons (Fsp3) is 0.100. The number of aromatic amines is 1. The van der Waals surface area contributed by atoms with Gasteiger partial charge in [0.15, 0.2) is 5.82 Å². The zero-order valence-corrected chi connectivity index (χ0v) is 8.01. The molecule has 0 amide bonds. The van der Waals surface area contributed by atoms with Gasteiger partial charge in [0.05, 0.1) is 0 Å². The maximum atomic E-state index is 13.0. The zero-order valence-electron chi connectivity index (χ0n) is 8.01. The molecular weight excluding hydrogens is 200 g/mol. The van der Waals surface area contributed by atoms with Gasteiger partial charge in [-0.25, -0.2) is 8.78 Å². The number of aromatic nitrogens is 2. The lowest BCUT2D eigenvalue weighted by Gasteiger charge is -2.01. The van der Waals surface area contributed by atoms with E-state index < -0.39 is 11.6 Å². The fourth-order valence-corrected chi connectivity index (χ4v) is 1.51. The molecule has 0 aliphatic heterocycles. The minimum absolute atomic E-state index is 0.234. The third-order valence-corrected chi connectivity index (χ3v) is 2.13. The van der Waals surface area contributed by atoms with Gasteiger partial charge in [0.2, 0.25) is 0 Å². The number of halogens is 2. The van der Waals surface area contributed by atoms with Crippen molar-refractivity contribution in [3.63, 3.8) is 0 Å². The average molecular weight is 209 g/mol. The van der Waals surface area contributed by atoms with Crippen LogP contribution in [0.1, 0.15) is 5.69 Å². The third kappa shape index (κ3) is 1.68. The Morgan fingerprint density at radius 1 is 1.20 bits per heavy atom. The molecule has 15 heavy (non-hydrogen) atoms. The van der Waals surface area contributed by atoms with Crippen LogP contribution in [0.5, 0.6) is 0 Å². The summed E-state index contributed by atoms with van der Waals surface area (Å²) >= 11 is 0. The average Bonchev–Trinajstić information content (AvgIpc) is 2.44. The lowest BCUT2D eigenvalue weighted by Crippen LogP contribution is -1.90. The Labute approximate surface area is 84.9 Å². The van der Waals surface area contributed by atoms with Crippen LogP contribution in [0.4, 0.5) is 14.6 Å². The molecule has 78 valence electrons. The molecule has 1 heterocycles. The quantitative estimate of drug-likeness (QED) is 0.756. The number of H-pyrrole nitrogens is 1. The highest BCUT2D eigenvalue weighted by Gasteiger charge is 2.11. The Hall–Kier alpha value is -1.91. The van der Waals surface area contributed by atoms with E-state index in [1.807, 2.05) is 0 Å². The first-order chi connectivity index (χ1) is 7.08. The maximum absolute atomic E-state index is 13.0. The molecule has 0 bridgehead atoms.